The topological polar surface area (TPSA) is 121 Å². The lowest BCUT2D eigenvalue weighted by molar-refractivity contribution is -0.131. The van der Waals surface area contributed by atoms with Crippen molar-refractivity contribution in [3.8, 4) is 0 Å². The maximum atomic E-state index is 12.8. The fourth-order valence-electron chi connectivity index (χ4n) is 4.09. The van der Waals surface area contributed by atoms with Gasteiger partial charge in [0.1, 0.15) is 12.1 Å². The third kappa shape index (κ3) is 3.51. The second kappa shape index (κ2) is 7.91. The monoisotopic (exact) mass is 434 g/mol. The lowest BCUT2D eigenvalue weighted by Crippen LogP contribution is -2.49. The summed E-state index contributed by atoms with van der Waals surface area (Å²) in [7, 11) is 0. The molecule has 4 aromatic rings. The van der Waals surface area contributed by atoms with Gasteiger partial charge in [-0.15, -0.1) is 0 Å². The second-order valence-corrected chi connectivity index (χ2v) is 7.79. The van der Waals surface area contributed by atoms with Gasteiger partial charge in [0.25, 0.3) is 16.9 Å². The zero-order valence-corrected chi connectivity index (χ0v) is 17.6. The van der Waals surface area contributed by atoms with Crippen molar-refractivity contribution in [3.63, 3.8) is 0 Å². The Balaban J connectivity index is 1.25. The van der Waals surface area contributed by atoms with Gasteiger partial charge in [-0.2, -0.15) is 14.6 Å². The highest BCUT2D eigenvalue weighted by Crippen LogP contribution is 2.18. The largest absolute Gasteiger partial charge is 0.353 e. The van der Waals surface area contributed by atoms with Crippen molar-refractivity contribution in [1.82, 2.24) is 34.3 Å². The first-order chi connectivity index (χ1) is 15.5. The van der Waals surface area contributed by atoms with Crippen molar-refractivity contribution in [3.05, 3.63) is 63.1 Å². The number of carbonyl (C=O) groups excluding carboxylic acids is 1. The quantitative estimate of drug-likeness (QED) is 0.486. The number of aromatic amines is 1. The van der Waals surface area contributed by atoms with Gasteiger partial charge in [0.2, 0.25) is 5.91 Å². The number of amides is 1. The number of piperazine rings is 1. The van der Waals surface area contributed by atoms with Gasteiger partial charge < -0.3 is 9.80 Å². The minimum Gasteiger partial charge on any atom is -0.353 e. The molecular weight excluding hydrogens is 412 g/mol. The molecule has 0 atom stereocenters. The molecule has 11 nitrogen and oxygen atoms in total. The summed E-state index contributed by atoms with van der Waals surface area (Å²) in [4.78, 5) is 50.1. The Morgan fingerprint density at radius 2 is 1.84 bits per heavy atom. The summed E-state index contributed by atoms with van der Waals surface area (Å²) in [5.74, 6) is 1.40. The molecule has 1 aromatic carbocycles. The summed E-state index contributed by atoms with van der Waals surface area (Å²) in [5, 5.41) is 7.52. The van der Waals surface area contributed by atoms with Crippen LogP contribution in [-0.2, 0) is 11.3 Å². The van der Waals surface area contributed by atoms with Crippen molar-refractivity contribution in [2.75, 3.05) is 31.1 Å². The molecule has 1 fully saturated rings. The highest BCUT2D eigenvalue weighted by Gasteiger charge is 2.23. The molecule has 32 heavy (non-hydrogen) atoms. The molecular formula is C21H22N8O3. The molecule has 0 saturated carbocycles. The summed E-state index contributed by atoms with van der Waals surface area (Å²) < 4.78 is 2.92. The van der Waals surface area contributed by atoms with Crippen molar-refractivity contribution >= 4 is 28.3 Å². The molecule has 1 aliphatic rings. The molecule has 1 amide bonds. The van der Waals surface area contributed by atoms with Crippen LogP contribution >= 0.6 is 0 Å². The minimum atomic E-state index is -0.340. The van der Waals surface area contributed by atoms with Crippen LogP contribution in [0.3, 0.4) is 0 Å². The molecule has 1 aliphatic heterocycles. The van der Waals surface area contributed by atoms with Crippen LogP contribution in [0.5, 0.6) is 0 Å². The molecule has 164 valence electrons. The number of fused-ring (bicyclic) bond motifs is 2. The molecule has 4 heterocycles. The Bertz CT molecular complexity index is 1430. The number of carbonyl (C=O) groups is 1. The van der Waals surface area contributed by atoms with E-state index in [-0.39, 0.29) is 30.0 Å². The van der Waals surface area contributed by atoms with Gasteiger partial charge in [-0.3, -0.25) is 19.5 Å². The van der Waals surface area contributed by atoms with E-state index in [2.05, 4.69) is 25.1 Å². The number of nitrogens with one attached hydrogen (secondary N) is 1. The number of rotatable bonds is 4. The number of benzene rings is 1. The highest BCUT2D eigenvalue weighted by atomic mass is 16.2. The number of aryl methyl sites for hydroxylation is 2. The van der Waals surface area contributed by atoms with E-state index >= 15 is 0 Å². The molecule has 0 radical (unpaired) electrons. The van der Waals surface area contributed by atoms with Gasteiger partial charge in [0, 0.05) is 44.4 Å². The van der Waals surface area contributed by atoms with E-state index in [9.17, 15) is 14.4 Å². The third-order valence-electron chi connectivity index (χ3n) is 5.75. The molecule has 0 spiro atoms. The second-order valence-electron chi connectivity index (χ2n) is 7.79. The summed E-state index contributed by atoms with van der Waals surface area (Å²) in [6.45, 7) is 4.45. The van der Waals surface area contributed by atoms with Crippen LogP contribution in [0.15, 0.2) is 46.2 Å². The summed E-state index contributed by atoms with van der Waals surface area (Å²) in [6.07, 6.45) is 1.61. The van der Waals surface area contributed by atoms with E-state index < -0.39 is 0 Å². The molecule has 3 aromatic heterocycles. The van der Waals surface area contributed by atoms with Gasteiger partial charge in [0.05, 0.1) is 17.3 Å². The van der Waals surface area contributed by atoms with Crippen LogP contribution in [0.25, 0.3) is 16.6 Å². The first-order valence-electron chi connectivity index (χ1n) is 10.4. The lowest BCUT2D eigenvalue weighted by atomic mass is 10.2. The average Bonchev–Trinajstić information content (AvgIpc) is 3.28. The van der Waals surface area contributed by atoms with E-state index in [0.717, 1.165) is 11.5 Å². The lowest BCUT2D eigenvalue weighted by Gasteiger charge is -2.36. The Morgan fingerprint density at radius 3 is 2.62 bits per heavy atom. The van der Waals surface area contributed by atoms with Crippen molar-refractivity contribution in [1.29, 1.82) is 0 Å². The summed E-state index contributed by atoms with van der Waals surface area (Å²) in [6, 6.07) is 8.63. The predicted octanol–water partition coefficient (Wildman–Crippen LogP) is 0.175. The molecule has 0 aliphatic carbocycles. The van der Waals surface area contributed by atoms with Crippen molar-refractivity contribution in [2.24, 2.45) is 0 Å². The van der Waals surface area contributed by atoms with Crippen LogP contribution in [0, 0.1) is 6.92 Å². The van der Waals surface area contributed by atoms with E-state index in [1.807, 2.05) is 13.0 Å². The number of anilines is 1. The Hall–Kier alpha value is -4.02. The maximum Gasteiger partial charge on any atom is 0.273 e. The zero-order valence-electron chi connectivity index (χ0n) is 17.6. The predicted molar refractivity (Wildman–Crippen MR) is 118 cm³/mol. The number of hydrogen-bond acceptors (Lipinski definition) is 7. The van der Waals surface area contributed by atoms with Gasteiger partial charge >= 0.3 is 0 Å². The van der Waals surface area contributed by atoms with Crippen LogP contribution in [-0.4, -0.2) is 66.3 Å². The first-order valence-corrected chi connectivity index (χ1v) is 10.4. The van der Waals surface area contributed by atoms with Crippen LogP contribution in [0.1, 0.15) is 12.1 Å². The Morgan fingerprint density at radius 1 is 1.09 bits per heavy atom. The van der Waals surface area contributed by atoms with Crippen LogP contribution in [0.4, 0.5) is 5.82 Å². The van der Waals surface area contributed by atoms with Gasteiger partial charge in [0.15, 0.2) is 0 Å². The fourth-order valence-corrected chi connectivity index (χ4v) is 4.09. The molecule has 11 heteroatoms. The number of aromatic nitrogens is 6. The maximum absolute atomic E-state index is 12.8. The Labute approximate surface area is 181 Å². The van der Waals surface area contributed by atoms with Crippen LogP contribution < -0.4 is 16.0 Å². The van der Waals surface area contributed by atoms with Crippen molar-refractivity contribution < 1.29 is 4.79 Å². The molecule has 5 rings (SSSR count). The van der Waals surface area contributed by atoms with Gasteiger partial charge in [-0.05, 0) is 19.1 Å². The SMILES string of the molecule is Cc1cc(N2CCN(C(=O)CCn3[nH]c(=O)c4ccccc4c3=O)CC2)n2ncnc2n1. The number of hydrogen-bond donors (Lipinski definition) is 1. The normalized spacial score (nSPS) is 14.4. The number of H-pyrrole nitrogens is 1. The molecule has 0 bridgehead atoms. The standard InChI is InChI=1S/C21H22N8O3/c1-14-12-17(29-21(24-14)22-13-23-29)26-8-10-27(11-9-26)18(30)6-7-28-20(32)16-5-3-2-4-15(16)19(31)25-28/h2-5,12-13H,6-11H2,1H3,(H,25,31). The average molecular weight is 434 g/mol. The Kier molecular flexibility index (Phi) is 4.92. The van der Waals surface area contributed by atoms with Gasteiger partial charge in [-0.25, -0.2) is 9.67 Å². The van der Waals surface area contributed by atoms with E-state index in [1.165, 1.54) is 11.0 Å². The van der Waals surface area contributed by atoms with Gasteiger partial charge in [-0.1, -0.05) is 12.1 Å². The molecule has 1 saturated heterocycles. The van der Waals surface area contributed by atoms with E-state index in [4.69, 9.17) is 0 Å². The summed E-state index contributed by atoms with van der Waals surface area (Å²) >= 11 is 0. The first kappa shape index (κ1) is 19.9. The number of nitrogens with zero attached hydrogens (tertiary/aromatic N) is 7. The summed E-state index contributed by atoms with van der Waals surface area (Å²) in [5.41, 5.74) is 0.213. The third-order valence-corrected chi connectivity index (χ3v) is 5.75. The van der Waals surface area contributed by atoms with Crippen molar-refractivity contribution in [2.45, 2.75) is 19.9 Å². The van der Waals surface area contributed by atoms with E-state index in [1.54, 1.807) is 33.7 Å². The van der Waals surface area contributed by atoms with E-state index in [0.29, 0.717) is 42.7 Å². The molecule has 0 unspecified atom stereocenters. The highest BCUT2D eigenvalue weighted by molar-refractivity contribution is 5.80. The minimum absolute atomic E-state index is 0.0534. The fraction of sp³-hybridized carbons (Fsp3) is 0.333. The smallest absolute Gasteiger partial charge is 0.273 e. The zero-order chi connectivity index (χ0) is 22.2. The molecule has 1 N–H and O–H groups in total. The van der Waals surface area contributed by atoms with Crippen LogP contribution in [0.2, 0.25) is 0 Å².